The molecule has 0 spiro atoms. The molecule has 1 saturated heterocycles. The third kappa shape index (κ3) is 5.02. The molecule has 3 aromatic rings. The molecule has 0 bridgehead atoms. The first-order chi connectivity index (χ1) is 20.4. The van der Waals surface area contributed by atoms with Gasteiger partial charge in [0.15, 0.2) is 11.5 Å². The molecule has 1 amide bonds. The molecular formula is C30H36FN9O2. The van der Waals surface area contributed by atoms with E-state index in [0.717, 1.165) is 75.2 Å². The molecule has 3 aliphatic rings. The van der Waals surface area contributed by atoms with Crippen molar-refractivity contribution in [1.82, 2.24) is 29.7 Å². The number of nitrogens with one attached hydrogen (secondary N) is 2. The number of fused-ring (bicyclic) bond motifs is 3. The van der Waals surface area contributed by atoms with E-state index in [0.29, 0.717) is 17.1 Å². The van der Waals surface area contributed by atoms with E-state index in [1.54, 1.807) is 12.5 Å². The Morgan fingerprint density at radius 1 is 1.19 bits per heavy atom. The van der Waals surface area contributed by atoms with Crippen molar-refractivity contribution in [2.75, 3.05) is 37.5 Å². The highest BCUT2D eigenvalue weighted by molar-refractivity contribution is 5.96. The highest BCUT2D eigenvalue weighted by Crippen LogP contribution is 2.44. The SMILES string of the molecule is CCC1c2c(C#N)ncn2-c2cnc(Nc3cc(F)c(C(=O)NC4CCN(C)CC4)cc3OC)nc2N1C1CCCC1. The molecule has 6 rings (SSSR count). The Kier molecular flexibility index (Phi) is 7.68. The molecule has 2 aromatic heterocycles. The van der Waals surface area contributed by atoms with Crippen molar-refractivity contribution in [1.29, 1.82) is 5.26 Å². The van der Waals surface area contributed by atoms with Crippen LogP contribution < -0.4 is 20.3 Å². The number of amides is 1. The van der Waals surface area contributed by atoms with Crippen LogP contribution in [-0.2, 0) is 0 Å². The van der Waals surface area contributed by atoms with E-state index in [9.17, 15) is 10.1 Å². The largest absolute Gasteiger partial charge is 0.495 e. The fraction of sp³-hybridized carbons (Fsp3) is 0.500. The minimum Gasteiger partial charge on any atom is -0.495 e. The monoisotopic (exact) mass is 573 g/mol. The van der Waals surface area contributed by atoms with Crippen molar-refractivity contribution in [2.45, 2.75) is 70.0 Å². The van der Waals surface area contributed by atoms with Gasteiger partial charge >= 0.3 is 0 Å². The van der Waals surface area contributed by atoms with E-state index in [2.05, 4.69) is 50.4 Å². The average molecular weight is 574 g/mol. The second-order valence-electron chi connectivity index (χ2n) is 11.3. The van der Waals surface area contributed by atoms with E-state index in [1.807, 2.05) is 4.57 Å². The Morgan fingerprint density at radius 3 is 2.64 bits per heavy atom. The van der Waals surface area contributed by atoms with E-state index < -0.39 is 11.7 Å². The molecule has 2 aliphatic heterocycles. The highest BCUT2D eigenvalue weighted by atomic mass is 19.1. The summed E-state index contributed by atoms with van der Waals surface area (Å²) in [7, 11) is 3.53. The number of hydrogen-bond acceptors (Lipinski definition) is 9. The molecular weight excluding hydrogens is 537 g/mol. The fourth-order valence-corrected chi connectivity index (χ4v) is 6.55. The van der Waals surface area contributed by atoms with Gasteiger partial charge < -0.3 is 25.2 Å². The normalized spacial score (nSPS) is 19.2. The van der Waals surface area contributed by atoms with Gasteiger partial charge in [0.05, 0.1) is 36.3 Å². The lowest BCUT2D eigenvalue weighted by Crippen LogP contribution is -2.43. The van der Waals surface area contributed by atoms with Crippen molar-refractivity contribution in [2.24, 2.45) is 0 Å². The predicted octanol–water partition coefficient (Wildman–Crippen LogP) is 4.46. The summed E-state index contributed by atoms with van der Waals surface area (Å²) in [5.74, 6) is 0.210. The van der Waals surface area contributed by atoms with Crippen LogP contribution in [0.25, 0.3) is 5.69 Å². The molecule has 1 unspecified atom stereocenters. The summed E-state index contributed by atoms with van der Waals surface area (Å²) in [6.45, 7) is 3.88. The van der Waals surface area contributed by atoms with Crippen LogP contribution in [0.2, 0.25) is 0 Å². The van der Waals surface area contributed by atoms with Gasteiger partial charge in [-0.1, -0.05) is 19.8 Å². The zero-order chi connectivity index (χ0) is 29.4. The Bertz CT molecular complexity index is 1520. The van der Waals surface area contributed by atoms with Crippen molar-refractivity contribution in [3.8, 4) is 17.5 Å². The number of nitriles is 1. The minimum absolute atomic E-state index is 0.0100. The van der Waals surface area contributed by atoms with Crippen LogP contribution in [0.1, 0.15) is 79.7 Å². The summed E-state index contributed by atoms with van der Waals surface area (Å²) in [6.07, 6.45) is 10.2. The van der Waals surface area contributed by atoms with Crippen molar-refractivity contribution < 1.29 is 13.9 Å². The molecule has 1 saturated carbocycles. The number of hydrogen-bond donors (Lipinski definition) is 2. The molecule has 1 aromatic carbocycles. The summed E-state index contributed by atoms with van der Waals surface area (Å²) in [6, 6.07) is 5.15. The summed E-state index contributed by atoms with van der Waals surface area (Å²) < 4.78 is 22.8. The predicted molar refractivity (Wildman–Crippen MR) is 156 cm³/mol. The topological polar surface area (TPSA) is 124 Å². The lowest BCUT2D eigenvalue weighted by atomic mass is 10.0. The number of halogens is 1. The number of likely N-dealkylation sites (tertiary alicyclic amines) is 1. The molecule has 1 aliphatic carbocycles. The molecule has 4 heterocycles. The summed E-state index contributed by atoms with van der Waals surface area (Å²) in [4.78, 5) is 31.3. The zero-order valence-electron chi connectivity index (χ0n) is 24.2. The first kappa shape index (κ1) is 27.9. The second-order valence-corrected chi connectivity index (χ2v) is 11.3. The number of anilines is 3. The molecule has 0 radical (unpaired) electrons. The van der Waals surface area contributed by atoms with Gasteiger partial charge in [-0.3, -0.25) is 9.36 Å². The molecule has 12 heteroatoms. The van der Waals surface area contributed by atoms with E-state index in [1.165, 1.54) is 19.2 Å². The van der Waals surface area contributed by atoms with Crippen LogP contribution in [-0.4, -0.2) is 69.7 Å². The third-order valence-corrected chi connectivity index (χ3v) is 8.75. The van der Waals surface area contributed by atoms with Gasteiger partial charge in [-0.25, -0.2) is 14.4 Å². The van der Waals surface area contributed by atoms with Gasteiger partial charge in [0.1, 0.15) is 29.7 Å². The van der Waals surface area contributed by atoms with Crippen LogP contribution >= 0.6 is 0 Å². The maximum absolute atomic E-state index is 15.3. The average Bonchev–Trinajstić information content (AvgIpc) is 3.68. The number of aromatic nitrogens is 4. The Labute approximate surface area is 244 Å². The van der Waals surface area contributed by atoms with Crippen molar-refractivity contribution in [3.63, 3.8) is 0 Å². The van der Waals surface area contributed by atoms with Gasteiger partial charge in [0, 0.05) is 18.2 Å². The van der Waals surface area contributed by atoms with Crippen LogP contribution in [0, 0.1) is 17.1 Å². The van der Waals surface area contributed by atoms with Gasteiger partial charge in [0.25, 0.3) is 5.91 Å². The Morgan fingerprint density at radius 2 is 1.95 bits per heavy atom. The molecule has 2 fully saturated rings. The van der Waals surface area contributed by atoms with Crippen molar-refractivity contribution >= 4 is 23.4 Å². The summed E-state index contributed by atoms with van der Waals surface area (Å²) in [5, 5.41) is 15.9. The number of rotatable bonds is 7. The first-order valence-corrected chi connectivity index (χ1v) is 14.7. The van der Waals surface area contributed by atoms with Crippen LogP contribution in [0.4, 0.5) is 21.8 Å². The number of benzene rings is 1. The zero-order valence-corrected chi connectivity index (χ0v) is 24.2. The number of nitrogens with zero attached hydrogens (tertiary/aromatic N) is 7. The maximum atomic E-state index is 15.3. The number of imidazole rings is 1. The molecule has 42 heavy (non-hydrogen) atoms. The van der Waals surface area contributed by atoms with Gasteiger partial charge in [-0.2, -0.15) is 10.2 Å². The van der Waals surface area contributed by atoms with E-state index in [-0.39, 0.29) is 29.6 Å². The van der Waals surface area contributed by atoms with Crippen LogP contribution in [0.15, 0.2) is 24.7 Å². The number of piperidine rings is 1. The standard InChI is InChI=1S/C30H36FN9O2/c1-4-24-27-23(15-32)34-17-39(27)25-16-33-30(37-28(25)40(24)19-7-5-6-8-19)36-22-14-21(31)20(13-26(22)42-3)29(41)35-18-9-11-38(2)12-10-18/h13-14,16-19,24H,4-12H2,1-3H3,(H,35,41)(H,33,36,37). The molecule has 2 N–H and O–H groups in total. The smallest absolute Gasteiger partial charge is 0.254 e. The molecule has 11 nitrogen and oxygen atoms in total. The number of carbonyl (C=O) groups excluding carboxylic acids is 1. The van der Waals surface area contributed by atoms with E-state index in [4.69, 9.17) is 9.72 Å². The number of methoxy groups -OCH3 is 1. The minimum atomic E-state index is -0.660. The maximum Gasteiger partial charge on any atom is 0.254 e. The van der Waals surface area contributed by atoms with E-state index >= 15 is 4.39 Å². The fourth-order valence-electron chi connectivity index (χ4n) is 6.55. The second kappa shape index (κ2) is 11.6. The molecule has 1 atom stereocenters. The molecule has 220 valence electrons. The summed E-state index contributed by atoms with van der Waals surface area (Å²) in [5.41, 5.74) is 2.28. The third-order valence-electron chi connectivity index (χ3n) is 8.75. The number of ether oxygens (including phenoxy) is 1. The van der Waals surface area contributed by atoms with Gasteiger partial charge in [-0.15, -0.1) is 0 Å². The lowest BCUT2D eigenvalue weighted by molar-refractivity contribution is 0.0912. The Hall–Kier alpha value is -4.24. The van der Waals surface area contributed by atoms with Crippen LogP contribution in [0.3, 0.4) is 0 Å². The summed E-state index contributed by atoms with van der Waals surface area (Å²) >= 11 is 0. The Balaban J connectivity index is 1.31. The van der Waals surface area contributed by atoms with Gasteiger partial charge in [-0.05, 0) is 58.3 Å². The highest BCUT2D eigenvalue weighted by Gasteiger charge is 2.39. The first-order valence-electron chi connectivity index (χ1n) is 14.7. The lowest BCUT2D eigenvalue weighted by Gasteiger charge is -2.41. The van der Waals surface area contributed by atoms with Gasteiger partial charge in [0.2, 0.25) is 5.95 Å². The van der Waals surface area contributed by atoms with Crippen molar-refractivity contribution in [3.05, 3.63) is 47.4 Å². The quantitative estimate of drug-likeness (QED) is 0.421. The number of carbonyl (C=O) groups is 1. The van der Waals surface area contributed by atoms with Crippen LogP contribution in [0.5, 0.6) is 5.75 Å².